The van der Waals surface area contributed by atoms with Gasteiger partial charge in [-0.3, -0.25) is 4.79 Å². The van der Waals surface area contributed by atoms with Crippen molar-refractivity contribution in [2.24, 2.45) is 0 Å². The summed E-state index contributed by atoms with van der Waals surface area (Å²) in [5.41, 5.74) is 3.03. The molecule has 4 rings (SSSR count). The molecule has 0 aliphatic carbocycles. The molecule has 4 heterocycles. The minimum absolute atomic E-state index is 0.102. The SMILES string of the molecule is O=C(c1ccnc2c1CCN2)N1CCc2sc(Cl)cc2C1. The van der Waals surface area contributed by atoms with Crippen LogP contribution in [0, 0.1) is 0 Å². The van der Waals surface area contributed by atoms with Gasteiger partial charge in [0.05, 0.1) is 4.34 Å². The van der Waals surface area contributed by atoms with E-state index < -0.39 is 0 Å². The average Bonchev–Trinajstić information content (AvgIpc) is 3.09. The van der Waals surface area contributed by atoms with Crippen LogP contribution in [-0.4, -0.2) is 28.9 Å². The molecule has 1 N–H and O–H groups in total. The van der Waals surface area contributed by atoms with Crippen LogP contribution in [0.4, 0.5) is 5.82 Å². The number of halogens is 1. The number of anilines is 1. The molecule has 6 heteroatoms. The number of thiophene rings is 1. The lowest BCUT2D eigenvalue weighted by molar-refractivity contribution is 0.0735. The molecule has 0 unspecified atom stereocenters. The zero-order valence-electron chi connectivity index (χ0n) is 11.4. The Morgan fingerprint density at radius 1 is 1.43 bits per heavy atom. The second-order valence-corrected chi connectivity index (χ2v) is 7.11. The van der Waals surface area contributed by atoms with Gasteiger partial charge in [0, 0.05) is 41.8 Å². The number of hydrogen-bond donors (Lipinski definition) is 1. The zero-order chi connectivity index (χ0) is 14.4. The van der Waals surface area contributed by atoms with E-state index in [9.17, 15) is 4.79 Å². The molecule has 2 aliphatic rings. The number of nitrogens with zero attached hydrogens (tertiary/aromatic N) is 2. The first-order valence-electron chi connectivity index (χ1n) is 7.00. The minimum Gasteiger partial charge on any atom is -0.369 e. The van der Waals surface area contributed by atoms with Gasteiger partial charge in [-0.05, 0) is 30.5 Å². The highest BCUT2D eigenvalue weighted by Crippen LogP contribution is 2.32. The van der Waals surface area contributed by atoms with Gasteiger partial charge in [0.25, 0.3) is 5.91 Å². The fourth-order valence-corrected chi connectivity index (χ4v) is 4.34. The summed E-state index contributed by atoms with van der Waals surface area (Å²) >= 11 is 7.70. The van der Waals surface area contributed by atoms with Gasteiger partial charge in [-0.2, -0.15) is 0 Å². The Morgan fingerprint density at radius 2 is 2.33 bits per heavy atom. The van der Waals surface area contributed by atoms with Crippen molar-refractivity contribution in [3.63, 3.8) is 0 Å². The maximum Gasteiger partial charge on any atom is 0.254 e. The average molecular weight is 320 g/mol. The van der Waals surface area contributed by atoms with E-state index in [4.69, 9.17) is 11.6 Å². The topological polar surface area (TPSA) is 45.2 Å². The molecule has 0 saturated carbocycles. The number of rotatable bonds is 1. The summed E-state index contributed by atoms with van der Waals surface area (Å²) < 4.78 is 0.809. The maximum atomic E-state index is 12.8. The molecule has 2 aromatic rings. The highest BCUT2D eigenvalue weighted by molar-refractivity contribution is 7.16. The molecule has 1 amide bonds. The summed E-state index contributed by atoms with van der Waals surface area (Å²) in [6.07, 6.45) is 3.47. The van der Waals surface area contributed by atoms with E-state index in [2.05, 4.69) is 10.3 Å². The number of amides is 1. The number of carbonyl (C=O) groups excluding carboxylic acids is 1. The van der Waals surface area contributed by atoms with Gasteiger partial charge in [-0.15, -0.1) is 11.3 Å². The molecule has 0 radical (unpaired) electrons. The Balaban J connectivity index is 1.63. The number of carbonyl (C=O) groups is 1. The summed E-state index contributed by atoms with van der Waals surface area (Å²) in [6, 6.07) is 3.82. The molecule has 0 aromatic carbocycles. The molecular weight excluding hydrogens is 306 g/mol. The van der Waals surface area contributed by atoms with E-state index in [0.29, 0.717) is 6.54 Å². The Bertz CT molecular complexity index is 728. The summed E-state index contributed by atoms with van der Waals surface area (Å²) in [4.78, 5) is 20.3. The van der Waals surface area contributed by atoms with Gasteiger partial charge in [0.1, 0.15) is 5.82 Å². The highest BCUT2D eigenvalue weighted by atomic mass is 35.5. The second-order valence-electron chi connectivity index (χ2n) is 5.34. The maximum absolute atomic E-state index is 12.8. The van der Waals surface area contributed by atoms with Crippen LogP contribution in [-0.2, 0) is 19.4 Å². The standard InChI is InChI=1S/C15H14ClN3OS/c16-13-7-9-8-19(6-3-12(9)21-13)15(20)11-2-5-18-14-10(11)1-4-17-14/h2,5,7H,1,3-4,6,8H2,(H,17,18). The van der Waals surface area contributed by atoms with Gasteiger partial charge in [0.2, 0.25) is 0 Å². The van der Waals surface area contributed by atoms with E-state index in [0.717, 1.165) is 47.2 Å². The Kier molecular flexibility index (Phi) is 3.12. The van der Waals surface area contributed by atoms with Crippen LogP contribution in [0.1, 0.15) is 26.4 Å². The van der Waals surface area contributed by atoms with Crippen molar-refractivity contribution in [3.8, 4) is 0 Å². The number of pyridine rings is 1. The van der Waals surface area contributed by atoms with Gasteiger partial charge >= 0.3 is 0 Å². The zero-order valence-corrected chi connectivity index (χ0v) is 12.9. The quantitative estimate of drug-likeness (QED) is 0.879. The Morgan fingerprint density at radius 3 is 3.24 bits per heavy atom. The van der Waals surface area contributed by atoms with Gasteiger partial charge in [0.15, 0.2) is 0 Å². The number of fused-ring (bicyclic) bond motifs is 2. The number of aromatic nitrogens is 1. The Hall–Kier alpha value is -1.59. The molecular formula is C15H14ClN3OS. The largest absolute Gasteiger partial charge is 0.369 e. The van der Waals surface area contributed by atoms with Crippen LogP contribution in [0.25, 0.3) is 0 Å². The predicted octanol–water partition coefficient (Wildman–Crippen LogP) is 2.96. The molecule has 0 spiro atoms. The third-order valence-corrected chi connectivity index (χ3v) is 5.44. The first kappa shape index (κ1) is 13.1. The first-order valence-corrected chi connectivity index (χ1v) is 8.20. The van der Waals surface area contributed by atoms with Crippen molar-refractivity contribution in [1.29, 1.82) is 0 Å². The second kappa shape index (κ2) is 5.00. The van der Waals surface area contributed by atoms with Crippen molar-refractivity contribution in [2.45, 2.75) is 19.4 Å². The Labute approximate surface area is 131 Å². The van der Waals surface area contributed by atoms with Crippen LogP contribution in [0.2, 0.25) is 4.34 Å². The van der Waals surface area contributed by atoms with Crippen molar-refractivity contribution >= 4 is 34.7 Å². The molecule has 2 aromatic heterocycles. The van der Waals surface area contributed by atoms with E-state index in [1.54, 1.807) is 17.5 Å². The normalized spacial score (nSPS) is 16.3. The molecule has 2 aliphatic heterocycles. The third kappa shape index (κ3) is 2.21. The van der Waals surface area contributed by atoms with Crippen LogP contribution >= 0.6 is 22.9 Å². The van der Waals surface area contributed by atoms with Crippen LogP contribution < -0.4 is 5.32 Å². The molecule has 0 saturated heterocycles. The molecule has 4 nitrogen and oxygen atoms in total. The number of hydrogen-bond acceptors (Lipinski definition) is 4. The van der Waals surface area contributed by atoms with Crippen LogP contribution in [0.15, 0.2) is 18.3 Å². The van der Waals surface area contributed by atoms with E-state index in [1.165, 1.54) is 10.4 Å². The van der Waals surface area contributed by atoms with Crippen LogP contribution in [0.3, 0.4) is 0 Å². The molecule has 0 fully saturated rings. The lowest BCUT2D eigenvalue weighted by Crippen LogP contribution is -2.35. The number of nitrogens with one attached hydrogen (secondary N) is 1. The summed E-state index contributed by atoms with van der Waals surface area (Å²) in [5, 5.41) is 3.22. The minimum atomic E-state index is 0.102. The summed E-state index contributed by atoms with van der Waals surface area (Å²) in [5.74, 6) is 0.961. The van der Waals surface area contributed by atoms with Gasteiger partial charge in [-0.1, -0.05) is 11.6 Å². The third-order valence-electron chi connectivity index (χ3n) is 4.08. The molecule has 21 heavy (non-hydrogen) atoms. The fourth-order valence-electron chi connectivity index (χ4n) is 3.04. The summed E-state index contributed by atoms with van der Waals surface area (Å²) in [7, 11) is 0. The molecule has 108 valence electrons. The van der Waals surface area contributed by atoms with E-state index in [1.807, 2.05) is 17.0 Å². The van der Waals surface area contributed by atoms with Crippen LogP contribution in [0.5, 0.6) is 0 Å². The highest BCUT2D eigenvalue weighted by Gasteiger charge is 2.27. The van der Waals surface area contributed by atoms with Crippen molar-refractivity contribution in [2.75, 3.05) is 18.4 Å². The summed E-state index contributed by atoms with van der Waals surface area (Å²) in [6.45, 7) is 2.27. The van der Waals surface area contributed by atoms with Gasteiger partial charge < -0.3 is 10.2 Å². The lowest BCUT2D eigenvalue weighted by atomic mass is 10.0. The van der Waals surface area contributed by atoms with Crippen molar-refractivity contribution in [3.05, 3.63) is 44.2 Å². The smallest absolute Gasteiger partial charge is 0.254 e. The fraction of sp³-hybridized carbons (Fsp3) is 0.333. The first-order chi connectivity index (χ1) is 10.2. The molecule has 0 bridgehead atoms. The molecule has 0 atom stereocenters. The van der Waals surface area contributed by atoms with Gasteiger partial charge in [-0.25, -0.2) is 4.98 Å². The van der Waals surface area contributed by atoms with Crippen molar-refractivity contribution < 1.29 is 4.79 Å². The monoisotopic (exact) mass is 319 g/mol. The van der Waals surface area contributed by atoms with Crippen molar-refractivity contribution in [1.82, 2.24) is 9.88 Å². The lowest BCUT2D eigenvalue weighted by Gasteiger charge is -2.27. The van der Waals surface area contributed by atoms with E-state index >= 15 is 0 Å². The predicted molar refractivity (Wildman–Crippen MR) is 84.2 cm³/mol. The van der Waals surface area contributed by atoms with E-state index in [-0.39, 0.29) is 5.91 Å².